The van der Waals surface area contributed by atoms with E-state index in [4.69, 9.17) is 9.47 Å². The molecule has 1 amide bonds. The van der Waals surface area contributed by atoms with Gasteiger partial charge in [0.05, 0.1) is 19.6 Å². The van der Waals surface area contributed by atoms with Crippen molar-refractivity contribution in [1.82, 2.24) is 9.47 Å². The monoisotopic (exact) mass is 448 g/mol. The zero-order valence-electron chi connectivity index (χ0n) is 19.6. The normalized spacial score (nSPS) is 17.1. The van der Waals surface area contributed by atoms with E-state index >= 15 is 0 Å². The zero-order valence-corrected chi connectivity index (χ0v) is 19.6. The maximum atomic E-state index is 13.5. The Kier molecular flexibility index (Phi) is 7.02. The van der Waals surface area contributed by atoms with Gasteiger partial charge in [0.15, 0.2) is 0 Å². The van der Waals surface area contributed by atoms with Crippen LogP contribution in [0, 0.1) is 5.92 Å². The predicted octanol–water partition coefficient (Wildman–Crippen LogP) is 4.51. The first-order valence-corrected chi connectivity index (χ1v) is 11.6. The second-order valence-electron chi connectivity index (χ2n) is 8.67. The second-order valence-corrected chi connectivity index (χ2v) is 8.67. The molecule has 0 bridgehead atoms. The van der Waals surface area contributed by atoms with Gasteiger partial charge in [0, 0.05) is 49.6 Å². The number of likely N-dealkylation sites (tertiary alicyclic amines) is 1. The summed E-state index contributed by atoms with van der Waals surface area (Å²) < 4.78 is 12.7. The summed E-state index contributed by atoms with van der Waals surface area (Å²) in [5.41, 5.74) is 3.34. The van der Waals surface area contributed by atoms with Crippen molar-refractivity contribution in [3.05, 3.63) is 65.9 Å². The van der Waals surface area contributed by atoms with Crippen molar-refractivity contribution in [3.8, 4) is 5.75 Å². The van der Waals surface area contributed by atoms with Crippen LogP contribution in [0.5, 0.6) is 5.75 Å². The van der Waals surface area contributed by atoms with Gasteiger partial charge in [0.1, 0.15) is 5.75 Å². The Morgan fingerprint density at radius 1 is 1.12 bits per heavy atom. The number of nitrogens with zero attached hydrogens (tertiary/aromatic N) is 2. The highest BCUT2D eigenvalue weighted by molar-refractivity contribution is 5.87. The largest absolute Gasteiger partial charge is 0.497 e. The number of benzene rings is 2. The number of aryl methyl sites for hydroxylation is 1. The van der Waals surface area contributed by atoms with Crippen molar-refractivity contribution >= 4 is 22.8 Å². The fraction of sp³-hybridized carbons (Fsp3) is 0.407. The lowest BCUT2D eigenvalue weighted by Gasteiger charge is -2.32. The lowest BCUT2D eigenvalue weighted by Crippen LogP contribution is -2.43. The number of rotatable bonds is 7. The maximum Gasteiger partial charge on any atom is 0.310 e. The fourth-order valence-electron chi connectivity index (χ4n) is 4.85. The Balaban J connectivity index is 1.63. The van der Waals surface area contributed by atoms with Crippen LogP contribution in [0.3, 0.4) is 0 Å². The minimum absolute atomic E-state index is 0.0674. The van der Waals surface area contributed by atoms with E-state index in [1.54, 1.807) is 7.11 Å². The summed E-state index contributed by atoms with van der Waals surface area (Å²) in [6.45, 7) is 3.29. The molecule has 0 saturated carbocycles. The predicted molar refractivity (Wildman–Crippen MR) is 128 cm³/mol. The molecule has 0 spiro atoms. The van der Waals surface area contributed by atoms with Crippen molar-refractivity contribution in [3.63, 3.8) is 0 Å². The van der Waals surface area contributed by atoms with Crippen molar-refractivity contribution < 1.29 is 19.1 Å². The Morgan fingerprint density at radius 3 is 2.61 bits per heavy atom. The first kappa shape index (κ1) is 22.9. The highest BCUT2D eigenvalue weighted by Gasteiger charge is 2.31. The molecule has 2 atom stereocenters. The van der Waals surface area contributed by atoms with E-state index in [1.807, 2.05) is 55.3 Å². The highest BCUT2D eigenvalue weighted by atomic mass is 16.5. The first-order chi connectivity index (χ1) is 16.0. The van der Waals surface area contributed by atoms with E-state index < -0.39 is 0 Å². The Morgan fingerprint density at radius 2 is 1.88 bits per heavy atom. The van der Waals surface area contributed by atoms with Crippen LogP contribution in [0.15, 0.2) is 54.7 Å². The molecule has 4 rings (SSSR count). The third kappa shape index (κ3) is 4.90. The first-order valence-electron chi connectivity index (χ1n) is 11.6. The molecular formula is C27H32N2O4. The van der Waals surface area contributed by atoms with Crippen LogP contribution in [0.2, 0.25) is 0 Å². The molecular weight excluding hydrogens is 416 g/mol. The summed E-state index contributed by atoms with van der Waals surface area (Å²) in [6.07, 6.45) is 4.06. The van der Waals surface area contributed by atoms with E-state index in [-0.39, 0.29) is 23.7 Å². The lowest BCUT2D eigenvalue weighted by molar-refractivity contribution is -0.151. The molecule has 2 heterocycles. The number of hydrogen-bond acceptors (Lipinski definition) is 4. The number of ether oxygens (including phenoxy) is 2. The van der Waals surface area contributed by atoms with E-state index in [1.165, 1.54) is 0 Å². The van der Waals surface area contributed by atoms with Gasteiger partial charge in [-0.25, -0.2) is 0 Å². The van der Waals surface area contributed by atoms with Gasteiger partial charge in [-0.2, -0.15) is 0 Å². The number of hydrogen-bond donors (Lipinski definition) is 0. The van der Waals surface area contributed by atoms with E-state index in [2.05, 4.69) is 22.9 Å². The van der Waals surface area contributed by atoms with Crippen LogP contribution in [0.1, 0.15) is 43.2 Å². The zero-order chi connectivity index (χ0) is 23.4. The molecule has 0 N–H and O–H groups in total. The van der Waals surface area contributed by atoms with Gasteiger partial charge in [0.25, 0.3) is 0 Å². The number of fused-ring (bicyclic) bond motifs is 1. The molecule has 1 aliphatic rings. The smallest absolute Gasteiger partial charge is 0.310 e. The van der Waals surface area contributed by atoms with Gasteiger partial charge in [-0.15, -0.1) is 0 Å². The van der Waals surface area contributed by atoms with Gasteiger partial charge >= 0.3 is 5.97 Å². The number of piperidine rings is 1. The Hall–Kier alpha value is -3.28. The van der Waals surface area contributed by atoms with E-state index in [9.17, 15) is 9.59 Å². The average Bonchev–Trinajstić information content (AvgIpc) is 3.19. The van der Waals surface area contributed by atoms with Gasteiger partial charge in [-0.1, -0.05) is 30.3 Å². The summed E-state index contributed by atoms with van der Waals surface area (Å²) in [6, 6.07) is 16.2. The average molecular weight is 449 g/mol. The third-order valence-electron chi connectivity index (χ3n) is 6.59. The van der Waals surface area contributed by atoms with Crippen molar-refractivity contribution in [2.75, 3.05) is 26.8 Å². The summed E-state index contributed by atoms with van der Waals surface area (Å²) in [4.78, 5) is 27.6. The lowest BCUT2D eigenvalue weighted by atomic mass is 9.87. The molecule has 1 aliphatic heterocycles. The van der Waals surface area contributed by atoms with Gasteiger partial charge in [-0.05, 0) is 49.1 Å². The number of aromatic nitrogens is 1. The molecule has 174 valence electrons. The molecule has 6 heteroatoms. The molecule has 6 nitrogen and oxygen atoms in total. The molecule has 0 radical (unpaired) electrons. The maximum absolute atomic E-state index is 13.5. The van der Waals surface area contributed by atoms with Crippen molar-refractivity contribution in [2.45, 2.75) is 32.1 Å². The molecule has 0 aliphatic carbocycles. The minimum Gasteiger partial charge on any atom is -0.497 e. The highest BCUT2D eigenvalue weighted by Crippen LogP contribution is 2.36. The van der Waals surface area contributed by atoms with Crippen molar-refractivity contribution in [1.29, 1.82) is 0 Å². The molecule has 1 aromatic heterocycles. The summed E-state index contributed by atoms with van der Waals surface area (Å²) >= 11 is 0. The van der Waals surface area contributed by atoms with Crippen LogP contribution >= 0.6 is 0 Å². The summed E-state index contributed by atoms with van der Waals surface area (Å²) in [5.74, 6) is 0.320. The molecule has 33 heavy (non-hydrogen) atoms. The third-order valence-corrected chi connectivity index (χ3v) is 6.59. The van der Waals surface area contributed by atoms with E-state index in [0.717, 1.165) is 40.6 Å². The molecule has 1 fully saturated rings. The van der Waals surface area contributed by atoms with Crippen molar-refractivity contribution in [2.24, 2.45) is 13.0 Å². The van der Waals surface area contributed by atoms with Crippen LogP contribution in [-0.4, -0.2) is 48.1 Å². The van der Waals surface area contributed by atoms with Crippen LogP contribution in [0.4, 0.5) is 0 Å². The van der Waals surface area contributed by atoms with Crippen LogP contribution < -0.4 is 4.74 Å². The molecule has 1 saturated heterocycles. The Labute approximate surface area is 195 Å². The fourth-order valence-corrected chi connectivity index (χ4v) is 4.85. The minimum atomic E-state index is -0.236. The second kappa shape index (κ2) is 10.1. The molecule has 2 aromatic carbocycles. The van der Waals surface area contributed by atoms with Crippen LogP contribution in [-0.2, 0) is 21.4 Å². The number of carbonyl (C=O) groups is 2. The molecule has 2 unspecified atom stereocenters. The number of amides is 1. The van der Waals surface area contributed by atoms with E-state index in [0.29, 0.717) is 26.1 Å². The quantitative estimate of drug-likeness (QED) is 0.499. The molecule has 3 aromatic rings. The summed E-state index contributed by atoms with van der Waals surface area (Å²) in [7, 11) is 3.68. The van der Waals surface area contributed by atoms with Crippen LogP contribution in [0.25, 0.3) is 10.9 Å². The number of methoxy groups -OCH3 is 1. The van der Waals surface area contributed by atoms with Gasteiger partial charge < -0.3 is 18.9 Å². The standard InChI is InChI=1S/C27H32N2O4/c1-4-33-27(31)20-8-7-15-29(17-20)26(30)16-23(19-11-13-21(32-3)14-12-19)24-18-28(2)25-10-6-5-9-22(24)25/h5-6,9-14,18,20,23H,4,7-8,15-17H2,1-3H3. The van der Waals surface area contributed by atoms with Gasteiger partial charge in [-0.3, -0.25) is 9.59 Å². The Bertz CT molecular complexity index is 1120. The number of carbonyl (C=O) groups excluding carboxylic acids is 2. The van der Waals surface area contributed by atoms with Gasteiger partial charge in [0.2, 0.25) is 5.91 Å². The SMILES string of the molecule is CCOC(=O)C1CCCN(C(=O)CC(c2ccc(OC)cc2)c2cn(C)c3ccccc23)C1. The summed E-state index contributed by atoms with van der Waals surface area (Å²) in [5, 5.41) is 1.15. The number of esters is 1. The topological polar surface area (TPSA) is 60.8 Å². The number of para-hydroxylation sites is 1.